The third-order valence-electron chi connectivity index (χ3n) is 3.30. The second-order valence-electron chi connectivity index (χ2n) is 5.03. The van der Waals surface area contributed by atoms with Crippen LogP contribution in [-0.2, 0) is 19.1 Å². The molecule has 0 bridgehead atoms. The van der Waals surface area contributed by atoms with Crippen molar-refractivity contribution in [2.45, 2.75) is 26.1 Å². The van der Waals surface area contributed by atoms with Gasteiger partial charge in [0.25, 0.3) is 0 Å². The van der Waals surface area contributed by atoms with Crippen LogP contribution in [0.25, 0.3) is 0 Å². The van der Waals surface area contributed by atoms with E-state index in [1.165, 1.54) is 5.56 Å². The summed E-state index contributed by atoms with van der Waals surface area (Å²) in [6.45, 7) is 2.83. The lowest BCUT2D eigenvalue weighted by Gasteiger charge is -2.11. The number of thiazole rings is 1. The zero-order valence-electron chi connectivity index (χ0n) is 13.3. The number of guanidine groups is 1. The fourth-order valence-electron chi connectivity index (χ4n) is 2.00. The smallest absolute Gasteiger partial charge is 0.356 e. The highest BCUT2D eigenvalue weighted by atomic mass is 32.1. The van der Waals surface area contributed by atoms with E-state index >= 15 is 0 Å². The molecule has 2 N–H and O–H groups in total. The third-order valence-corrected chi connectivity index (χ3v) is 4.14. The monoisotopic (exact) mass is 357 g/mol. The van der Waals surface area contributed by atoms with E-state index in [1.54, 1.807) is 13.2 Å². The molecule has 0 saturated carbocycles. The molecular formula is C15H18F3N5S. The van der Waals surface area contributed by atoms with Gasteiger partial charge in [-0.1, -0.05) is 0 Å². The first-order valence-electron chi connectivity index (χ1n) is 7.25. The number of alkyl halides is 3. The van der Waals surface area contributed by atoms with Crippen LogP contribution in [-0.4, -0.2) is 29.5 Å². The standard InChI is InChI=1S/C15H18F3N5S/c1-10-7-20-5-3-11(10)4-6-21-14(19-2)22-8-13-23-12(9-24-13)15(16,17)18/h3,5,7,9H,4,6,8H2,1-2H3,(H2,19,21,22). The molecule has 5 nitrogen and oxygen atoms in total. The molecule has 2 aromatic heterocycles. The fraction of sp³-hybridized carbons (Fsp3) is 0.400. The Morgan fingerprint density at radius 3 is 2.75 bits per heavy atom. The van der Waals surface area contributed by atoms with E-state index in [0.717, 1.165) is 28.7 Å². The number of nitrogens with zero attached hydrogens (tertiary/aromatic N) is 3. The first-order valence-corrected chi connectivity index (χ1v) is 8.13. The van der Waals surface area contributed by atoms with Crippen LogP contribution in [0.3, 0.4) is 0 Å². The predicted octanol–water partition coefficient (Wildman–Crippen LogP) is 2.77. The van der Waals surface area contributed by atoms with Gasteiger partial charge in [0, 0.05) is 31.4 Å². The van der Waals surface area contributed by atoms with Crippen molar-refractivity contribution in [2.75, 3.05) is 13.6 Å². The van der Waals surface area contributed by atoms with Gasteiger partial charge in [0.1, 0.15) is 5.01 Å². The van der Waals surface area contributed by atoms with E-state index in [4.69, 9.17) is 0 Å². The Morgan fingerprint density at radius 1 is 1.33 bits per heavy atom. The zero-order valence-corrected chi connectivity index (χ0v) is 14.1. The summed E-state index contributed by atoms with van der Waals surface area (Å²) in [4.78, 5) is 11.7. The summed E-state index contributed by atoms with van der Waals surface area (Å²) in [5.41, 5.74) is 1.44. The summed E-state index contributed by atoms with van der Waals surface area (Å²) in [6.07, 6.45) is -0.0548. The van der Waals surface area contributed by atoms with Gasteiger partial charge in [0.15, 0.2) is 11.7 Å². The average Bonchev–Trinajstić information content (AvgIpc) is 3.01. The van der Waals surface area contributed by atoms with Gasteiger partial charge >= 0.3 is 6.18 Å². The minimum absolute atomic E-state index is 0.189. The molecule has 2 aromatic rings. The second kappa shape index (κ2) is 8.09. The van der Waals surface area contributed by atoms with Crippen LogP contribution in [0.2, 0.25) is 0 Å². The molecule has 2 heterocycles. The minimum atomic E-state index is -4.41. The van der Waals surface area contributed by atoms with E-state index in [1.807, 2.05) is 19.2 Å². The molecule has 0 aliphatic rings. The van der Waals surface area contributed by atoms with Crippen LogP contribution in [0.5, 0.6) is 0 Å². The topological polar surface area (TPSA) is 62.2 Å². The maximum Gasteiger partial charge on any atom is 0.434 e. The number of rotatable bonds is 5. The average molecular weight is 357 g/mol. The molecule has 24 heavy (non-hydrogen) atoms. The SMILES string of the molecule is CN=C(NCCc1ccncc1C)NCc1nc(C(F)(F)F)cs1. The minimum Gasteiger partial charge on any atom is -0.356 e. The first kappa shape index (κ1) is 18.2. The van der Waals surface area contributed by atoms with E-state index in [0.29, 0.717) is 17.5 Å². The van der Waals surface area contributed by atoms with Gasteiger partial charge in [-0.25, -0.2) is 4.98 Å². The molecule has 0 aliphatic heterocycles. The molecular weight excluding hydrogens is 339 g/mol. The Balaban J connectivity index is 1.80. The molecule has 0 spiro atoms. The van der Waals surface area contributed by atoms with Gasteiger partial charge in [-0.3, -0.25) is 9.98 Å². The molecule has 0 radical (unpaired) electrons. The molecule has 9 heteroatoms. The summed E-state index contributed by atoms with van der Waals surface area (Å²) in [6, 6.07) is 1.96. The van der Waals surface area contributed by atoms with Crippen molar-refractivity contribution >= 4 is 17.3 Å². The van der Waals surface area contributed by atoms with Gasteiger partial charge in [0.05, 0.1) is 6.54 Å². The maximum atomic E-state index is 12.5. The van der Waals surface area contributed by atoms with Crippen molar-refractivity contribution in [1.29, 1.82) is 0 Å². The molecule has 130 valence electrons. The lowest BCUT2D eigenvalue weighted by molar-refractivity contribution is -0.140. The van der Waals surface area contributed by atoms with Crippen molar-refractivity contribution in [3.63, 3.8) is 0 Å². The summed E-state index contributed by atoms with van der Waals surface area (Å²) in [5, 5.41) is 7.45. The lowest BCUT2D eigenvalue weighted by Crippen LogP contribution is -2.37. The number of pyridine rings is 1. The van der Waals surface area contributed by atoms with Crippen molar-refractivity contribution in [2.24, 2.45) is 4.99 Å². The van der Waals surface area contributed by atoms with Crippen molar-refractivity contribution < 1.29 is 13.2 Å². The Labute approximate surface area is 142 Å². The second-order valence-corrected chi connectivity index (χ2v) is 5.97. The number of aromatic nitrogens is 2. The van der Waals surface area contributed by atoms with Crippen LogP contribution >= 0.6 is 11.3 Å². The van der Waals surface area contributed by atoms with Crippen LogP contribution < -0.4 is 10.6 Å². The summed E-state index contributed by atoms with van der Waals surface area (Å²) in [5.74, 6) is 0.519. The zero-order chi connectivity index (χ0) is 17.6. The summed E-state index contributed by atoms with van der Waals surface area (Å²) >= 11 is 0.968. The Hall–Kier alpha value is -2.16. The maximum absolute atomic E-state index is 12.5. The van der Waals surface area contributed by atoms with E-state index < -0.39 is 11.9 Å². The van der Waals surface area contributed by atoms with Crippen LogP contribution in [0, 0.1) is 6.92 Å². The van der Waals surface area contributed by atoms with Crippen molar-refractivity contribution in [3.8, 4) is 0 Å². The normalized spacial score (nSPS) is 12.3. The van der Waals surface area contributed by atoms with Gasteiger partial charge in [-0.2, -0.15) is 13.2 Å². The highest BCUT2D eigenvalue weighted by Crippen LogP contribution is 2.29. The number of halogens is 3. The highest BCUT2D eigenvalue weighted by molar-refractivity contribution is 7.09. The van der Waals surface area contributed by atoms with Gasteiger partial charge in [0.2, 0.25) is 0 Å². The molecule has 0 saturated heterocycles. The molecule has 0 aliphatic carbocycles. The number of hydrogen-bond acceptors (Lipinski definition) is 4. The van der Waals surface area contributed by atoms with Crippen molar-refractivity contribution in [3.05, 3.63) is 45.7 Å². The molecule has 0 atom stereocenters. The highest BCUT2D eigenvalue weighted by Gasteiger charge is 2.33. The lowest BCUT2D eigenvalue weighted by atomic mass is 10.1. The number of aryl methyl sites for hydroxylation is 1. The summed E-state index contributed by atoms with van der Waals surface area (Å²) in [7, 11) is 1.61. The number of hydrogen-bond donors (Lipinski definition) is 2. The largest absolute Gasteiger partial charge is 0.434 e. The fourth-order valence-corrected chi connectivity index (χ4v) is 2.74. The van der Waals surface area contributed by atoms with Crippen LogP contribution in [0.1, 0.15) is 21.8 Å². The van der Waals surface area contributed by atoms with E-state index in [-0.39, 0.29) is 6.54 Å². The number of nitrogens with one attached hydrogen (secondary N) is 2. The Morgan fingerprint density at radius 2 is 2.12 bits per heavy atom. The first-order chi connectivity index (χ1) is 11.4. The van der Waals surface area contributed by atoms with Crippen molar-refractivity contribution in [1.82, 2.24) is 20.6 Å². The third kappa shape index (κ3) is 5.19. The van der Waals surface area contributed by atoms with Gasteiger partial charge in [-0.05, 0) is 30.5 Å². The van der Waals surface area contributed by atoms with E-state index in [9.17, 15) is 13.2 Å². The predicted molar refractivity (Wildman–Crippen MR) is 88.0 cm³/mol. The van der Waals surface area contributed by atoms with Gasteiger partial charge < -0.3 is 10.6 Å². The quantitative estimate of drug-likeness (QED) is 0.638. The van der Waals surface area contributed by atoms with E-state index in [2.05, 4.69) is 25.6 Å². The molecule has 0 unspecified atom stereocenters. The van der Waals surface area contributed by atoms with Crippen LogP contribution in [0.4, 0.5) is 13.2 Å². The Kier molecular flexibility index (Phi) is 6.13. The molecule has 0 amide bonds. The molecule has 0 fully saturated rings. The van der Waals surface area contributed by atoms with Crippen LogP contribution in [0.15, 0.2) is 28.8 Å². The molecule has 2 rings (SSSR count). The number of aliphatic imine (C=N–C) groups is 1. The summed E-state index contributed by atoms with van der Waals surface area (Å²) < 4.78 is 37.5. The Bertz CT molecular complexity index is 696. The molecule has 0 aromatic carbocycles. The van der Waals surface area contributed by atoms with Gasteiger partial charge in [-0.15, -0.1) is 11.3 Å².